The van der Waals surface area contributed by atoms with Gasteiger partial charge in [-0.3, -0.25) is 5.32 Å². The normalized spacial score (nSPS) is 10.5. The molecule has 0 bridgehead atoms. The van der Waals surface area contributed by atoms with Gasteiger partial charge in [0.1, 0.15) is 5.75 Å². The number of carbonyl (C=O) groups excluding carboxylic acids is 1. The van der Waals surface area contributed by atoms with Gasteiger partial charge in [0.05, 0.1) is 6.26 Å². The zero-order valence-electron chi connectivity index (χ0n) is 13.5. The number of ether oxygens (including phenoxy) is 1. The number of hydrogen-bond donors (Lipinski definition) is 1. The van der Waals surface area contributed by atoms with Crippen molar-refractivity contribution < 1.29 is 18.4 Å². The minimum absolute atomic E-state index is 0.284. The Bertz CT molecular complexity index is 1010. The largest absolute Gasteiger partial charge is 0.459 e. The molecule has 0 radical (unpaired) electrons. The molecule has 0 saturated heterocycles. The Morgan fingerprint density at radius 1 is 0.923 bits per heavy atom. The van der Waals surface area contributed by atoms with Gasteiger partial charge in [0.15, 0.2) is 5.76 Å². The molecule has 1 N–H and O–H groups in total. The summed E-state index contributed by atoms with van der Waals surface area (Å²) >= 11 is 0. The van der Waals surface area contributed by atoms with Crippen molar-refractivity contribution in [3.63, 3.8) is 0 Å². The van der Waals surface area contributed by atoms with Crippen LogP contribution in [0.25, 0.3) is 23.1 Å². The van der Waals surface area contributed by atoms with Gasteiger partial charge in [-0.05, 0) is 42.5 Å². The average Bonchev–Trinajstić information content (AvgIpc) is 3.34. The molecular weight excluding hydrogens is 334 g/mol. The van der Waals surface area contributed by atoms with Crippen molar-refractivity contribution >= 4 is 11.8 Å². The summed E-state index contributed by atoms with van der Waals surface area (Å²) in [5, 5.41) is 10.6. The number of nitrogens with one attached hydrogen (secondary N) is 1. The lowest BCUT2D eigenvalue weighted by molar-refractivity contribution is 0.215. The molecule has 2 heterocycles. The number of para-hydroxylation sites is 1. The highest BCUT2D eigenvalue weighted by Gasteiger charge is 2.13. The quantitative estimate of drug-likeness (QED) is 0.580. The number of carbonyl (C=O) groups is 1. The number of anilines is 1. The van der Waals surface area contributed by atoms with Gasteiger partial charge in [-0.15, -0.1) is 10.2 Å². The summed E-state index contributed by atoms with van der Waals surface area (Å²) < 4.78 is 16.0. The second kappa shape index (κ2) is 6.94. The Morgan fingerprint density at radius 3 is 2.58 bits per heavy atom. The van der Waals surface area contributed by atoms with Crippen LogP contribution in [0.3, 0.4) is 0 Å². The van der Waals surface area contributed by atoms with Crippen LogP contribution in [0.1, 0.15) is 0 Å². The highest BCUT2D eigenvalue weighted by atomic mass is 16.6. The fourth-order valence-corrected chi connectivity index (χ4v) is 2.31. The van der Waals surface area contributed by atoms with E-state index in [0.717, 1.165) is 0 Å². The first-order valence-corrected chi connectivity index (χ1v) is 7.80. The minimum atomic E-state index is -0.588. The van der Waals surface area contributed by atoms with Crippen LogP contribution in [0.4, 0.5) is 10.5 Å². The summed E-state index contributed by atoms with van der Waals surface area (Å²) in [6.07, 6.45) is 0.942. The van der Waals surface area contributed by atoms with Gasteiger partial charge in [-0.1, -0.05) is 24.3 Å². The van der Waals surface area contributed by atoms with Crippen molar-refractivity contribution in [3.8, 4) is 28.9 Å². The molecule has 0 fully saturated rings. The first-order chi connectivity index (χ1) is 12.8. The van der Waals surface area contributed by atoms with Gasteiger partial charge in [-0.25, -0.2) is 4.79 Å². The second-order valence-electron chi connectivity index (χ2n) is 5.30. The molecule has 0 unspecified atom stereocenters. The summed E-state index contributed by atoms with van der Waals surface area (Å²) in [4.78, 5) is 12.0. The monoisotopic (exact) mass is 347 g/mol. The highest BCUT2D eigenvalue weighted by molar-refractivity contribution is 5.87. The number of furan rings is 1. The lowest BCUT2D eigenvalue weighted by Crippen LogP contribution is -2.16. The van der Waals surface area contributed by atoms with E-state index in [4.69, 9.17) is 13.6 Å². The number of benzene rings is 2. The summed E-state index contributed by atoms with van der Waals surface area (Å²) in [5.41, 5.74) is 1.20. The van der Waals surface area contributed by atoms with Crippen molar-refractivity contribution in [2.75, 3.05) is 5.32 Å². The molecule has 7 nitrogen and oxygen atoms in total. The number of nitrogens with zero attached hydrogens (tertiary/aromatic N) is 2. The van der Waals surface area contributed by atoms with Crippen LogP contribution in [0, 0.1) is 0 Å². The van der Waals surface area contributed by atoms with Crippen LogP contribution >= 0.6 is 0 Å². The topological polar surface area (TPSA) is 90.4 Å². The predicted octanol–water partition coefficient (Wildman–Crippen LogP) is 4.61. The average molecular weight is 347 g/mol. The van der Waals surface area contributed by atoms with Crippen LogP contribution in [0.2, 0.25) is 0 Å². The predicted molar refractivity (Wildman–Crippen MR) is 93.5 cm³/mol. The Labute approximate surface area is 148 Å². The Hall–Kier alpha value is -3.87. The molecule has 0 spiro atoms. The molecule has 0 aliphatic rings. The summed E-state index contributed by atoms with van der Waals surface area (Å²) in [5.74, 6) is 1.55. The van der Waals surface area contributed by atoms with E-state index in [-0.39, 0.29) is 5.89 Å². The number of rotatable bonds is 4. The molecule has 0 aliphatic carbocycles. The lowest BCUT2D eigenvalue weighted by Gasteiger charge is -2.07. The second-order valence-corrected chi connectivity index (χ2v) is 5.30. The van der Waals surface area contributed by atoms with Gasteiger partial charge in [0.25, 0.3) is 5.89 Å². The van der Waals surface area contributed by atoms with E-state index in [9.17, 15) is 4.79 Å². The first kappa shape index (κ1) is 15.6. The Balaban J connectivity index is 1.49. The van der Waals surface area contributed by atoms with Crippen LogP contribution in [-0.2, 0) is 0 Å². The highest BCUT2D eigenvalue weighted by Crippen LogP contribution is 2.26. The van der Waals surface area contributed by atoms with Crippen LogP contribution in [-0.4, -0.2) is 16.3 Å². The van der Waals surface area contributed by atoms with E-state index in [0.29, 0.717) is 28.7 Å². The molecule has 26 heavy (non-hydrogen) atoms. The molecule has 0 atom stereocenters. The van der Waals surface area contributed by atoms with Gasteiger partial charge < -0.3 is 13.6 Å². The third kappa shape index (κ3) is 3.46. The van der Waals surface area contributed by atoms with Crippen molar-refractivity contribution in [2.45, 2.75) is 0 Å². The maximum Gasteiger partial charge on any atom is 0.417 e. The first-order valence-electron chi connectivity index (χ1n) is 7.80. The van der Waals surface area contributed by atoms with E-state index in [1.807, 2.05) is 6.07 Å². The molecule has 0 saturated carbocycles. The zero-order valence-corrected chi connectivity index (χ0v) is 13.5. The third-order valence-electron chi connectivity index (χ3n) is 3.47. The molecular formula is C19H13N3O4. The van der Waals surface area contributed by atoms with Crippen LogP contribution < -0.4 is 10.1 Å². The maximum absolute atomic E-state index is 12.0. The number of aromatic nitrogens is 2. The maximum atomic E-state index is 12.0. The van der Waals surface area contributed by atoms with Crippen molar-refractivity contribution in [3.05, 3.63) is 73.0 Å². The number of amides is 1. The molecule has 2 aromatic carbocycles. The zero-order chi connectivity index (χ0) is 17.8. The van der Waals surface area contributed by atoms with Gasteiger partial charge in [-0.2, -0.15) is 0 Å². The number of hydrogen-bond acceptors (Lipinski definition) is 6. The fraction of sp³-hybridized carbons (Fsp3) is 0. The SMILES string of the molecule is O=C(Nc1cccc(-c2nnc(-c3ccco3)o2)c1)Oc1ccccc1. The van der Waals surface area contributed by atoms with E-state index < -0.39 is 6.09 Å². The molecule has 0 aliphatic heterocycles. The fourth-order valence-electron chi connectivity index (χ4n) is 2.31. The molecule has 4 rings (SSSR count). The summed E-state index contributed by atoms with van der Waals surface area (Å²) in [7, 11) is 0. The van der Waals surface area contributed by atoms with Crippen LogP contribution in [0.15, 0.2) is 81.8 Å². The minimum Gasteiger partial charge on any atom is -0.459 e. The van der Waals surface area contributed by atoms with E-state index in [1.54, 1.807) is 60.7 Å². The van der Waals surface area contributed by atoms with Crippen molar-refractivity contribution in [2.24, 2.45) is 0 Å². The molecule has 4 aromatic rings. The summed E-state index contributed by atoms with van der Waals surface area (Å²) in [6.45, 7) is 0. The molecule has 128 valence electrons. The van der Waals surface area contributed by atoms with E-state index >= 15 is 0 Å². The van der Waals surface area contributed by atoms with E-state index in [2.05, 4.69) is 15.5 Å². The van der Waals surface area contributed by atoms with Gasteiger partial charge in [0, 0.05) is 11.3 Å². The summed E-state index contributed by atoms with van der Waals surface area (Å²) in [6, 6.07) is 19.3. The van der Waals surface area contributed by atoms with Crippen molar-refractivity contribution in [1.29, 1.82) is 0 Å². The molecule has 7 heteroatoms. The third-order valence-corrected chi connectivity index (χ3v) is 3.47. The Kier molecular flexibility index (Phi) is 4.17. The van der Waals surface area contributed by atoms with Crippen LogP contribution in [0.5, 0.6) is 5.75 Å². The van der Waals surface area contributed by atoms with Crippen molar-refractivity contribution in [1.82, 2.24) is 10.2 Å². The Morgan fingerprint density at radius 2 is 1.77 bits per heavy atom. The van der Waals surface area contributed by atoms with E-state index in [1.165, 1.54) is 6.26 Å². The molecule has 1 amide bonds. The van der Waals surface area contributed by atoms with Gasteiger partial charge >= 0.3 is 6.09 Å². The lowest BCUT2D eigenvalue weighted by atomic mass is 10.2. The molecule has 2 aromatic heterocycles. The van der Waals surface area contributed by atoms with Gasteiger partial charge in [0.2, 0.25) is 5.89 Å². The standard InChI is InChI=1S/C19H13N3O4/c23-19(25-15-8-2-1-3-9-15)20-14-7-4-6-13(12-14)17-21-22-18(26-17)16-10-5-11-24-16/h1-12H,(H,20,23). The smallest absolute Gasteiger partial charge is 0.417 e.